The van der Waals surface area contributed by atoms with Crippen LogP contribution in [0.25, 0.3) is 0 Å². The van der Waals surface area contributed by atoms with Gasteiger partial charge in [0, 0.05) is 11.6 Å². The van der Waals surface area contributed by atoms with Crippen molar-refractivity contribution in [2.24, 2.45) is 0 Å². The summed E-state index contributed by atoms with van der Waals surface area (Å²) in [5, 5.41) is 0. The average molecular weight is 214 g/mol. The Hall–Kier alpha value is -1.00. The van der Waals surface area contributed by atoms with Crippen LogP contribution in [0.5, 0.6) is 0 Å². The Labute approximate surface area is 86.8 Å². The van der Waals surface area contributed by atoms with Crippen LogP contribution in [0, 0.1) is 11.6 Å². The number of epoxide rings is 1. The first kappa shape index (κ1) is 10.5. The minimum absolute atomic E-state index is 0.149. The maximum atomic E-state index is 13.3. The molecule has 2 nitrogen and oxygen atoms in total. The second-order valence-corrected chi connectivity index (χ2v) is 3.60. The third-order valence-corrected chi connectivity index (χ3v) is 2.33. The van der Waals surface area contributed by atoms with E-state index < -0.39 is 11.6 Å². The molecule has 15 heavy (non-hydrogen) atoms. The lowest BCUT2D eigenvalue weighted by atomic mass is 10.1. The Morgan fingerprint density at radius 2 is 2.27 bits per heavy atom. The average Bonchev–Trinajstić information content (AvgIpc) is 2.97. The molecule has 1 aromatic rings. The summed E-state index contributed by atoms with van der Waals surface area (Å²) in [4.78, 5) is 0. The Bertz CT molecular complexity index is 350. The van der Waals surface area contributed by atoms with Crippen LogP contribution >= 0.6 is 0 Å². The molecule has 0 unspecified atom stereocenters. The van der Waals surface area contributed by atoms with Crippen molar-refractivity contribution in [3.63, 3.8) is 0 Å². The van der Waals surface area contributed by atoms with E-state index in [1.807, 2.05) is 0 Å². The van der Waals surface area contributed by atoms with Gasteiger partial charge in [-0.15, -0.1) is 0 Å². The van der Waals surface area contributed by atoms with E-state index in [0.29, 0.717) is 18.8 Å². The van der Waals surface area contributed by atoms with Crippen molar-refractivity contribution >= 4 is 0 Å². The van der Waals surface area contributed by atoms with Gasteiger partial charge in [-0.25, -0.2) is 8.78 Å². The topological polar surface area (TPSA) is 21.8 Å². The smallest absolute Gasteiger partial charge is 0.131 e. The Morgan fingerprint density at radius 1 is 1.53 bits per heavy atom. The van der Waals surface area contributed by atoms with Crippen LogP contribution in [0.4, 0.5) is 8.78 Å². The molecular weight excluding hydrogens is 202 g/mol. The molecule has 1 heterocycles. The zero-order valence-corrected chi connectivity index (χ0v) is 8.37. The number of rotatable bonds is 4. The number of hydrogen-bond acceptors (Lipinski definition) is 2. The summed E-state index contributed by atoms with van der Waals surface area (Å²) in [6.45, 7) is 2.90. The van der Waals surface area contributed by atoms with Crippen LogP contribution in [-0.2, 0) is 9.47 Å². The molecular formula is C11H12F2O2. The zero-order valence-electron chi connectivity index (χ0n) is 8.37. The molecule has 1 fully saturated rings. The Kier molecular flexibility index (Phi) is 2.98. The molecule has 0 bridgehead atoms. The van der Waals surface area contributed by atoms with E-state index in [1.165, 1.54) is 12.1 Å². The van der Waals surface area contributed by atoms with E-state index in [1.54, 1.807) is 6.92 Å². The summed E-state index contributed by atoms with van der Waals surface area (Å²) >= 11 is 0. The molecule has 0 saturated carbocycles. The van der Waals surface area contributed by atoms with Crippen molar-refractivity contribution in [2.45, 2.75) is 19.1 Å². The van der Waals surface area contributed by atoms with Gasteiger partial charge in [-0.3, -0.25) is 0 Å². The summed E-state index contributed by atoms with van der Waals surface area (Å²) in [5.74, 6) is -1.15. The monoisotopic (exact) mass is 214 g/mol. The van der Waals surface area contributed by atoms with Crippen molar-refractivity contribution < 1.29 is 18.3 Å². The first-order valence-corrected chi connectivity index (χ1v) is 4.85. The van der Waals surface area contributed by atoms with Gasteiger partial charge in [0.15, 0.2) is 0 Å². The lowest BCUT2D eigenvalue weighted by Gasteiger charge is -2.13. The fourth-order valence-corrected chi connectivity index (χ4v) is 1.34. The molecule has 82 valence electrons. The maximum absolute atomic E-state index is 13.3. The molecule has 0 amide bonds. The number of ether oxygens (including phenoxy) is 2. The lowest BCUT2D eigenvalue weighted by molar-refractivity contribution is 0.0517. The molecule has 4 heteroatoms. The third-order valence-electron chi connectivity index (χ3n) is 2.33. The van der Waals surface area contributed by atoms with Gasteiger partial charge in [-0.05, 0) is 13.0 Å². The minimum Gasteiger partial charge on any atom is -0.371 e. The molecule has 1 aromatic carbocycles. The number of halogens is 2. The van der Waals surface area contributed by atoms with Crippen molar-refractivity contribution in [3.05, 3.63) is 35.4 Å². The van der Waals surface area contributed by atoms with Crippen molar-refractivity contribution in [3.8, 4) is 0 Å². The van der Waals surface area contributed by atoms with Crippen molar-refractivity contribution in [1.29, 1.82) is 0 Å². The molecule has 2 rings (SSSR count). The van der Waals surface area contributed by atoms with Gasteiger partial charge < -0.3 is 9.47 Å². The van der Waals surface area contributed by atoms with Crippen molar-refractivity contribution in [2.75, 3.05) is 13.2 Å². The summed E-state index contributed by atoms with van der Waals surface area (Å²) in [6.07, 6.45) is -0.231. The molecule has 0 aromatic heterocycles. The summed E-state index contributed by atoms with van der Waals surface area (Å²) in [6, 6.07) is 3.50. The van der Waals surface area contributed by atoms with Crippen LogP contribution in [-0.4, -0.2) is 19.3 Å². The van der Waals surface area contributed by atoms with E-state index in [4.69, 9.17) is 9.47 Å². The van der Waals surface area contributed by atoms with Gasteiger partial charge in [0.25, 0.3) is 0 Å². The van der Waals surface area contributed by atoms with Crippen LogP contribution in [0.2, 0.25) is 0 Å². The predicted octanol–water partition coefficient (Wildman–Crippen LogP) is 2.44. The predicted molar refractivity (Wildman–Crippen MR) is 50.5 cm³/mol. The van der Waals surface area contributed by atoms with Crippen LogP contribution in [0.1, 0.15) is 18.6 Å². The Morgan fingerprint density at radius 3 is 2.87 bits per heavy atom. The fourth-order valence-electron chi connectivity index (χ4n) is 1.34. The fraction of sp³-hybridized carbons (Fsp3) is 0.455. The summed E-state index contributed by atoms with van der Waals surface area (Å²) in [5.41, 5.74) is 0.372. The SMILES string of the molecule is C[C@@H](OC[C@H]1CO1)c1ccc(F)cc1F. The molecule has 0 aliphatic carbocycles. The highest BCUT2D eigenvalue weighted by atomic mass is 19.1. The molecule has 1 saturated heterocycles. The highest BCUT2D eigenvalue weighted by Gasteiger charge is 2.24. The molecule has 1 aliphatic heterocycles. The van der Waals surface area contributed by atoms with Crippen LogP contribution < -0.4 is 0 Å². The van der Waals surface area contributed by atoms with Crippen molar-refractivity contribution in [1.82, 2.24) is 0 Å². The standard InChI is InChI=1S/C11H12F2O2/c1-7(14-5-9-6-15-9)10-3-2-8(12)4-11(10)13/h2-4,7,9H,5-6H2,1H3/t7-,9+/m1/s1. The second kappa shape index (κ2) is 4.24. The van der Waals surface area contributed by atoms with E-state index in [9.17, 15) is 8.78 Å². The largest absolute Gasteiger partial charge is 0.371 e. The third kappa shape index (κ3) is 2.73. The number of benzene rings is 1. The van der Waals surface area contributed by atoms with E-state index in [0.717, 1.165) is 6.07 Å². The second-order valence-electron chi connectivity index (χ2n) is 3.60. The van der Waals surface area contributed by atoms with Gasteiger partial charge in [0.1, 0.15) is 17.7 Å². The minimum atomic E-state index is -0.575. The molecule has 2 atom stereocenters. The van der Waals surface area contributed by atoms with Gasteiger partial charge >= 0.3 is 0 Å². The molecule has 0 spiro atoms. The van der Waals surface area contributed by atoms with Gasteiger partial charge in [0.2, 0.25) is 0 Å². The van der Waals surface area contributed by atoms with E-state index in [2.05, 4.69) is 0 Å². The summed E-state index contributed by atoms with van der Waals surface area (Å²) in [7, 11) is 0. The quantitative estimate of drug-likeness (QED) is 0.718. The maximum Gasteiger partial charge on any atom is 0.131 e. The first-order chi connectivity index (χ1) is 7.16. The molecule has 1 aliphatic rings. The molecule has 0 radical (unpaired) electrons. The van der Waals surface area contributed by atoms with Gasteiger partial charge in [0.05, 0.1) is 19.3 Å². The number of hydrogen-bond donors (Lipinski definition) is 0. The van der Waals surface area contributed by atoms with Gasteiger partial charge in [-0.1, -0.05) is 6.07 Å². The zero-order chi connectivity index (χ0) is 10.8. The summed E-state index contributed by atoms with van der Waals surface area (Å²) < 4.78 is 36.3. The lowest BCUT2D eigenvalue weighted by Crippen LogP contribution is -2.07. The Balaban J connectivity index is 1.99. The highest BCUT2D eigenvalue weighted by molar-refractivity contribution is 5.20. The van der Waals surface area contributed by atoms with Crippen LogP contribution in [0.15, 0.2) is 18.2 Å². The molecule has 0 N–H and O–H groups in total. The van der Waals surface area contributed by atoms with Crippen LogP contribution in [0.3, 0.4) is 0 Å². The van der Waals surface area contributed by atoms with E-state index in [-0.39, 0.29) is 12.2 Å². The normalized spacial score (nSPS) is 21.4. The van der Waals surface area contributed by atoms with Gasteiger partial charge in [-0.2, -0.15) is 0 Å². The first-order valence-electron chi connectivity index (χ1n) is 4.85. The van der Waals surface area contributed by atoms with E-state index >= 15 is 0 Å². The highest BCUT2D eigenvalue weighted by Crippen LogP contribution is 2.22.